The Balaban J connectivity index is 2.59. The molecule has 2 aromatic rings. The summed E-state index contributed by atoms with van der Waals surface area (Å²) < 4.78 is 0. The average molecular weight is 212 g/mol. The Morgan fingerprint density at radius 2 is 1.62 bits per heavy atom. The molecule has 0 saturated carbocycles. The fourth-order valence-electron chi connectivity index (χ4n) is 1.61. The van der Waals surface area contributed by atoms with Crippen molar-refractivity contribution in [3.05, 3.63) is 54.6 Å². The number of hydrogen-bond donors (Lipinski definition) is 2. The zero-order valence-electron chi connectivity index (χ0n) is 8.72. The summed E-state index contributed by atoms with van der Waals surface area (Å²) >= 11 is 0. The fraction of sp³-hybridized carbons (Fsp3) is 0. The molecule has 2 N–H and O–H groups in total. The van der Waals surface area contributed by atoms with Crippen molar-refractivity contribution in [1.29, 1.82) is 0 Å². The van der Waals surface area contributed by atoms with Gasteiger partial charge in [-0.05, 0) is 17.7 Å². The maximum atomic E-state index is 9.84. The minimum absolute atomic E-state index is 0.117. The molecule has 2 rings (SSSR count). The van der Waals surface area contributed by atoms with E-state index in [1.807, 2.05) is 30.3 Å². The summed E-state index contributed by atoms with van der Waals surface area (Å²) in [4.78, 5) is 0. The monoisotopic (exact) mass is 212 g/mol. The van der Waals surface area contributed by atoms with Crippen LogP contribution in [0, 0.1) is 0 Å². The minimum Gasteiger partial charge on any atom is -0.507 e. The van der Waals surface area contributed by atoms with Crippen LogP contribution in [0.25, 0.3) is 17.2 Å². The van der Waals surface area contributed by atoms with Gasteiger partial charge in [-0.1, -0.05) is 43.0 Å². The zero-order chi connectivity index (χ0) is 11.5. The van der Waals surface area contributed by atoms with Crippen molar-refractivity contribution in [2.45, 2.75) is 0 Å². The highest BCUT2D eigenvalue weighted by Gasteiger charge is 2.08. The summed E-state index contributed by atoms with van der Waals surface area (Å²) in [5, 5.41) is 19.5. The van der Waals surface area contributed by atoms with Crippen LogP contribution in [0.3, 0.4) is 0 Å². The van der Waals surface area contributed by atoms with Crippen LogP contribution < -0.4 is 0 Å². The predicted molar refractivity (Wildman–Crippen MR) is 65.3 cm³/mol. The van der Waals surface area contributed by atoms with Crippen LogP contribution in [-0.4, -0.2) is 10.2 Å². The van der Waals surface area contributed by atoms with Gasteiger partial charge in [0.05, 0.1) is 0 Å². The highest BCUT2D eigenvalue weighted by Crippen LogP contribution is 2.35. The van der Waals surface area contributed by atoms with E-state index >= 15 is 0 Å². The van der Waals surface area contributed by atoms with Crippen LogP contribution in [0.1, 0.15) is 5.56 Å². The maximum Gasteiger partial charge on any atom is 0.124 e. The number of aromatic hydroxyl groups is 2. The van der Waals surface area contributed by atoms with Crippen LogP contribution in [0.2, 0.25) is 0 Å². The van der Waals surface area contributed by atoms with Crippen molar-refractivity contribution in [1.82, 2.24) is 0 Å². The molecule has 0 aliphatic heterocycles. The Morgan fingerprint density at radius 3 is 2.25 bits per heavy atom. The lowest BCUT2D eigenvalue weighted by molar-refractivity contribution is 0.461. The van der Waals surface area contributed by atoms with Gasteiger partial charge in [0.2, 0.25) is 0 Å². The van der Waals surface area contributed by atoms with Crippen molar-refractivity contribution in [3.8, 4) is 22.6 Å². The highest BCUT2D eigenvalue weighted by atomic mass is 16.3. The standard InChI is InChI=1S/C14H12O2/c1-2-10-8-14(16)12(9-13(10)15)11-6-4-3-5-7-11/h2-9,15-16H,1H2. The molecule has 0 amide bonds. The van der Waals surface area contributed by atoms with Crippen molar-refractivity contribution in [2.24, 2.45) is 0 Å². The summed E-state index contributed by atoms with van der Waals surface area (Å²) in [6, 6.07) is 12.5. The van der Waals surface area contributed by atoms with Gasteiger partial charge >= 0.3 is 0 Å². The summed E-state index contributed by atoms with van der Waals surface area (Å²) in [5.41, 5.74) is 2.01. The predicted octanol–water partition coefficient (Wildman–Crippen LogP) is 3.41. The van der Waals surface area contributed by atoms with Crippen LogP contribution in [0.5, 0.6) is 11.5 Å². The largest absolute Gasteiger partial charge is 0.507 e. The SMILES string of the molecule is C=Cc1cc(O)c(-c2ccccc2)cc1O. The van der Waals surface area contributed by atoms with E-state index in [1.54, 1.807) is 6.07 Å². The molecular formula is C14H12O2. The van der Waals surface area contributed by atoms with E-state index in [2.05, 4.69) is 6.58 Å². The van der Waals surface area contributed by atoms with Gasteiger partial charge in [0.25, 0.3) is 0 Å². The number of hydrogen-bond acceptors (Lipinski definition) is 2. The third-order valence-electron chi connectivity index (χ3n) is 2.45. The van der Waals surface area contributed by atoms with E-state index in [4.69, 9.17) is 0 Å². The molecule has 2 nitrogen and oxygen atoms in total. The van der Waals surface area contributed by atoms with E-state index in [9.17, 15) is 10.2 Å². The lowest BCUT2D eigenvalue weighted by Crippen LogP contribution is -1.81. The van der Waals surface area contributed by atoms with Crippen molar-refractivity contribution >= 4 is 6.08 Å². The van der Waals surface area contributed by atoms with E-state index in [1.165, 1.54) is 12.1 Å². The van der Waals surface area contributed by atoms with Gasteiger partial charge in [0.15, 0.2) is 0 Å². The minimum atomic E-state index is 0.117. The first-order chi connectivity index (χ1) is 7.72. The molecule has 0 aliphatic carbocycles. The fourth-order valence-corrected chi connectivity index (χ4v) is 1.61. The van der Waals surface area contributed by atoms with E-state index in [-0.39, 0.29) is 11.5 Å². The first kappa shape index (κ1) is 10.3. The Hall–Kier alpha value is -2.22. The summed E-state index contributed by atoms with van der Waals surface area (Å²) in [6.45, 7) is 3.56. The topological polar surface area (TPSA) is 40.5 Å². The van der Waals surface area contributed by atoms with E-state index < -0.39 is 0 Å². The normalized spacial score (nSPS) is 10.0. The van der Waals surface area contributed by atoms with Crippen molar-refractivity contribution in [2.75, 3.05) is 0 Å². The van der Waals surface area contributed by atoms with Crippen LogP contribution in [0.15, 0.2) is 49.0 Å². The van der Waals surface area contributed by atoms with Gasteiger partial charge in [-0.25, -0.2) is 0 Å². The third-order valence-corrected chi connectivity index (χ3v) is 2.45. The quantitative estimate of drug-likeness (QED) is 0.749. The Kier molecular flexibility index (Phi) is 2.64. The second-order valence-electron chi connectivity index (χ2n) is 3.50. The lowest BCUT2D eigenvalue weighted by atomic mass is 10.0. The molecule has 2 aromatic carbocycles. The van der Waals surface area contributed by atoms with Crippen molar-refractivity contribution in [3.63, 3.8) is 0 Å². The molecule has 0 spiro atoms. The second-order valence-corrected chi connectivity index (χ2v) is 3.50. The number of phenolic OH excluding ortho intramolecular Hbond substituents is 2. The van der Waals surface area contributed by atoms with E-state index in [0.29, 0.717) is 11.1 Å². The number of rotatable bonds is 2. The Labute approximate surface area is 94.1 Å². The maximum absolute atomic E-state index is 9.84. The van der Waals surface area contributed by atoms with Gasteiger partial charge in [-0.15, -0.1) is 0 Å². The van der Waals surface area contributed by atoms with Gasteiger partial charge in [0.1, 0.15) is 11.5 Å². The first-order valence-corrected chi connectivity index (χ1v) is 4.96. The van der Waals surface area contributed by atoms with Gasteiger partial charge in [0, 0.05) is 11.1 Å². The molecule has 0 bridgehead atoms. The molecule has 0 atom stereocenters. The second kappa shape index (κ2) is 4.11. The summed E-state index contributed by atoms with van der Waals surface area (Å²) in [7, 11) is 0. The molecule has 0 fully saturated rings. The van der Waals surface area contributed by atoms with Crippen molar-refractivity contribution < 1.29 is 10.2 Å². The smallest absolute Gasteiger partial charge is 0.124 e. The van der Waals surface area contributed by atoms with Gasteiger partial charge < -0.3 is 10.2 Å². The van der Waals surface area contributed by atoms with Crippen LogP contribution >= 0.6 is 0 Å². The van der Waals surface area contributed by atoms with Gasteiger partial charge in [-0.2, -0.15) is 0 Å². The Morgan fingerprint density at radius 1 is 0.938 bits per heavy atom. The first-order valence-electron chi connectivity index (χ1n) is 4.96. The summed E-state index contributed by atoms with van der Waals surface area (Å²) in [6.07, 6.45) is 1.50. The lowest BCUT2D eigenvalue weighted by Gasteiger charge is -2.07. The summed E-state index contributed by atoms with van der Waals surface area (Å²) in [5.74, 6) is 0.255. The number of benzene rings is 2. The molecule has 80 valence electrons. The highest BCUT2D eigenvalue weighted by molar-refractivity contribution is 5.75. The van der Waals surface area contributed by atoms with Crippen LogP contribution in [0.4, 0.5) is 0 Å². The molecule has 0 heterocycles. The number of phenols is 2. The molecule has 0 radical (unpaired) electrons. The van der Waals surface area contributed by atoms with E-state index in [0.717, 1.165) is 5.56 Å². The average Bonchev–Trinajstić information content (AvgIpc) is 2.32. The van der Waals surface area contributed by atoms with Crippen LogP contribution in [-0.2, 0) is 0 Å². The molecule has 0 aliphatic rings. The molecule has 2 heteroatoms. The Bertz CT molecular complexity index is 516. The molecule has 0 aromatic heterocycles. The molecule has 16 heavy (non-hydrogen) atoms. The molecule has 0 unspecified atom stereocenters. The molecule has 0 saturated heterocycles. The molecular weight excluding hydrogens is 200 g/mol. The zero-order valence-corrected chi connectivity index (χ0v) is 8.72. The van der Waals surface area contributed by atoms with Gasteiger partial charge in [-0.3, -0.25) is 0 Å². The third kappa shape index (κ3) is 1.77.